The van der Waals surface area contributed by atoms with Gasteiger partial charge in [0.15, 0.2) is 0 Å². The van der Waals surface area contributed by atoms with Crippen molar-refractivity contribution >= 4 is 51.5 Å². The van der Waals surface area contributed by atoms with Gasteiger partial charge in [0.2, 0.25) is 5.91 Å². The van der Waals surface area contributed by atoms with Crippen molar-refractivity contribution in [3.05, 3.63) is 70.0 Å². The van der Waals surface area contributed by atoms with Crippen LogP contribution in [0, 0.1) is 0 Å². The van der Waals surface area contributed by atoms with E-state index in [0.717, 1.165) is 5.56 Å². The minimum absolute atomic E-state index is 0.0395. The summed E-state index contributed by atoms with van der Waals surface area (Å²) in [4.78, 5) is 27.4. The van der Waals surface area contributed by atoms with Crippen LogP contribution in [0.4, 0.5) is 5.69 Å². The summed E-state index contributed by atoms with van der Waals surface area (Å²) < 4.78 is 0. The molecule has 3 rings (SSSR count). The minimum atomic E-state index is -1.09. The zero-order valence-electron chi connectivity index (χ0n) is 14.0. The van der Waals surface area contributed by atoms with E-state index in [4.69, 9.17) is 23.2 Å². The SMILES string of the molecule is O=C(CNc1cc(C(=O)O)cc2cc(Cl)cc(Cl)c12)NCc1ccncc1. The van der Waals surface area contributed by atoms with Crippen LogP contribution < -0.4 is 10.6 Å². The van der Waals surface area contributed by atoms with Crippen LogP contribution in [0.2, 0.25) is 10.0 Å². The molecule has 0 aliphatic carbocycles. The maximum absolute atomic E-state index is 12.1. The molecule has 138 valence electrons. The molecule has 0 bridgehead atoms. The van der Waals surface area contributed by atoms with E-state index < -0.39 is 5.97 Å². The Hall–Kier alpha value is -2.83. The van der Waals surface area contributed by atoms with Crippen molar-refractivity contribution < 1.29 is 14.7 Å². The first-order valence-corrected chi connectivity index (χ1v) is 8.75. The van der Waals surface area contributed by atoms with Crippen molar-refractivity contribution in [2.45, 2.75) is 6.54 Å². The maximum Gasteiger partial charge on any atom is 0.335 e. The lowest BCUT2D eigenvalue weighted by molar-refractivity contribution is -0.119. The second-order valence-electron chi connectivity index (χ2n) is 5.80. The van der Waals surface area contributed by atoms with E-state index >= 15 is 0 Å². The Morgan fingerprint density at radius 2 is 1.81 bits per heavy atom. The van der Waals surface area contributed by atoms with E-state index in [1.165, 1.54) is 12.1 Å². The van der Waals surface area contributed by atoms with Crippen molar-refractivity contribution in [2.75, 3.05) is 11.9 Å². The summed E-state index contributed by atoms with van der Waals surface area (Å²) in [5.74, 6) is -1.33. The summed E-state index contributed by atoms with van der Waals surface area (Å²) in [5.41, 5.74) is 1.44. The van der Waals surface area contributed by atoms with Gasteiger partial charge in [-0.3, -0.25) is 9.78 Å². The molecule has 0 fully saturated rings. The van der Waals surface area contributed by atoms with E-state index in [2.05, 4.69) is 15.6 Å². The number of carboxylic acids is 1. The molecule has 6 nitrogen and oxygen atoms in total. The number of hydrogen-bond acceptors (Lipinski definition) is 4. The van der Waals surface area contributed by atoms with E-state index in [0.29, 0.717) is 33.0 Å². The van der Waals surface area contributed by atoms with Crippen LogP contribution in [0.3, 0.4) is 0 Å². The Morgan fingerprint density at radius 1 is 1.07 bits per heavy atom. The normalized spacial score (nSPS) is 10.6. The van der Waals surface area contributed by atoms with Crippen molar-refractivity contribution in [3.63, 3.8) is 0 Å². The summed E-state index contributed by atoms with van der Waals surface area (Å²) in [6.07, 6.45) is 3.30. The number of carboxylic acid groups (broad SMARTS) is 1. The van der Waals surface area contributed by atoms with Crippen molar-refractivity contribution in [3.8, 4) is 0 Å². The fraction of sp³-hybridized carbons (Fsp3) is 0.105. The molecule has 1 aromatic heterocycles. The average Bonchev–Trinajstić information content (AvgIpc) is 2.64. The van der Waals surface area contributed by atoms with Crippen molar-refractivity contribution in [1.82, 2.24) is 10.3 Å². The van der Waals surface area contributed by atoms with Crippen molar-refractivity contribution in [1.29, 1.82) is 0 Å². The number of fused-ring (bicyclic) bond motifs is 1. The van der Waals surface area contributed by atoms with E-state index in [-0.39, 0.29) is 18.0 Å². The molecule has 0 atom stereocenters. The lowest BCUT2D eigenvalue weighted by atomic mass is 10.0. The number of amides is 1. The maximum atomic E-state index is 12.1. The lowest BCUT2D eigenvalue weighted by Crippen LogP contribution is -2.29. The van der Waals surface area contributed by atoms with Crippen LogP contribution in [0.15, 0.2) is 48.8 Å². The fourth-order valence-corrected chi connectivity index (χ4v) is 3.24. The summed E-state index contributed by atoms with van der Waals surface area (Å²) >= 11 is 12.3. The van der Waals surface area contributed by atoms with Crippen molar-refractivity contribution in [2.24, 2.45) is 0 Å². The molecule has 1 amide bonds. The molecule has 0 aliphatic rings. The quantitative estimate of drug-likeness (QED) is 0.579. The molecule has 1 heterocycles. The number of aromatic nitrogens is 1. The molecule has 27 heavy (non-hydrogen) atoms. The number of carbonyl (C=O) groups is 2. The van der Waals surface area contributed by atoms with E-state index in [9.17, 15) is 14.7 Å². The molecular formula is C19H15Cl2N3O3. The molecule has 0 saturated heterocycles. The van der Waals surface area contributed by atoms with Crippen LogP contribution in [-0.4, -0.2) is 28.5 Å². The third kappa shape index (κ3) is 4.67. The Bertz CT molecular complexity index is 1010. The highest BCUT2D eigenvalue weighted by Gasteiger charge is 2.13. The third-order valence-corrected chi connectivity index (χ3v) is 4.41. The van der Waals surface area contributed by atoms with Crippen LogP contribution in [0.25, 0.3) is 10.8 Å². The lowest BCUT2D eigenvalue weighted by Gasteiger charge is -2.13. The van der Waals surface area contributed by atoms with Gasteiger partial charge in [0, 0.05) is 35.0 Å². The van der Waals surface area contributed by atoms with E-state index in [1.54, 1.807) is 36.7 Å². The molecule has 0 saturated carbocycles. The molecule has 2 aromatic carbocycles. The smallest absolute Gasteiger partial charge is 0.335 e. The first-order chi connectivity index (χ1) is 12.9. The molecular weight excluding hydrogens is 389 g/mol. The van der Waals surface area contributed by atoms with Gasteiger partial charge in [-0.1, -0.05) is 23.2 Å². The number of aromatic carboxylic acids is 1. The summed E-state index contributed by atoms with van der Waals surface area (Å²) in [5, 5.41) is 17.0. The van der Waals surface area contributed by atoms with Gasteiger partial charge in [-0.2, -0.15) is 0 Å². The molecule has 3 N–H and O–H groups in total. The number of nitrogens with one attached hydrogen (secondary N) is 2. The molecule has 0 spiro atoms. The second-order valence-corrected chi connectivity index (χ2v) is 6.64. The van der Waals surface area contributed by atoms with Gasteiger partial charge in [-0.15, -0.1) is 0 Å². The van der Waals surface area contributed by atoms with Gasteiger partial charge >= 0.3 is 5.97 Å². The Labute approximate surface area is 165 Å². The molecule has 8 heteroatoms. The van der Waals surface area contributed by atoms with Gasteiger partial charge in [0.05, 0.1) is 17.1 Å². The number of halogens is 2. The Balaban J connectivity index is 1.79. The van der Waals surface area contributed by atoms with Gasteiger partial charge in [-0.05, 0) is 47.3 Å². The summed E-state index contributed by atoms with van der Waals surface area (Å²) in [6.45, 7) is 0.331. The van der Waals surface area contributed by atoms with Crippen LogP contribution >= 0.6 is 23.2 Å². The second kappa shape index (κ2) is 8.24. The molecule has 3 aromatic rings. The summed E-state index contributed by atoms with van der Waals surface area (Å²) in [7, 11) is 0. The number of pyridine rings is 1. The average molecular weight is 404 g/mol. The topological polar surface area (TPSA) is 91.3 Å². The van der Waals surface area contributed by atoms with Crippen LogP contribution in [0.1, 0.15) is 15.9 Å². The van der Waals surface area contributed by atoms with Gasteiger partial charge < -0.3 is 15.7 Å². The zero-order chi connectivity index (χ0) is 19.4. The first kappa shape index (κ1) is 18.9. The summed E-state index contributed by atoms with van der Waals surface area (Å²) in [6, 6.07) is 9.75. The molecule has 0 unspecified atom stereocenters. The highest BCUT2D eigenvalue weighted by atomic mass is 35.5. The minimum Gasteiger partial charge on any atom is -0.478 e. The Kier molecular flexibility index (Phi) is 5.78. The zero-order valence-corrected chi connectivity index (χ0v) is 15.5. The van der Waals surface area contributed by atoms with Gasteiger partial charge in [0.1, 0.15) is 0 Å². The number of anilines is 1. The first-order valence-electron chi connectivity index (χ1n) is 7.99. The van der Waals surface area contributed by atoms with Crippen LogP contribution in [-0.2, 0) is 11.3 Å². The number of nitrogens with zero attached hydrogens (tertiary/aromatic N) is 1. The van der Waals surface area contributed by atoms with E-state index in [1.807, 2.05) is 0 Å². The number of carbonyl (C=O) groups excluding carboxylic acids is 1. The van der Waals surface area contributed by atoms with Crippen LogP contribution in [0.5, 0.6) is 0 Å². The predicted octanol–water partition coefficient (Wildman–Crippen LogP) is 3.97. The molecule has 0 aliphatic heterocycles. The predicted molar refractivity (Wildman–Crippen MR) is 106 cm³/mol. The highest BCUT2D eigenvalue weighted by Crippen LogP contribution is 2.34. The van der Waals surface area contributed by atoms with Gasteiger partial charge in [-0.25, -0.2) is 4.79 Å². The van der Waals surface area contributed by atoms with Gasteiger partial charge in [0.25, 0.3) is 0 Å². The highest BCUT2D eigenvalue weighted by molar-refractivity contribution is 6.39. The fourth-order valence-electron chi connectivity index (χ4n) is 2.63. The largest absolute Gasteiger partial charge is 0.478 e. The number of hydrogen-bond donors (Lipinski definition) is 3. The number of benzene rings is 2. The number of rotatable bonds is 6. The molecule has 0 radical (unpaired) electrons. The third-order valence-electron chi connectivity index (χ3n) is 3.89. The monoisotopic (exact) mass is 403 g/mol. The Morgan fingerprint density at radius 3 is 2.52 bits per heavy atom. The standard InChI is InChI=1S/C19H15Cl2N3O3/c20-14-6-12-5-13(19(26)27)7-16(18(12)15(21)8-14)23-10-17(25)24-9-11-1-3-22-4-2-11/h1-8,23H,9-10H2,(H,24,25)(H,26,27).